The zero-order chi connectivity index (χ0) is 17.9. The maximum absolute atomic E-state index is 11.7. The molecule has 2 rings (SSSR count). The summed E-state index contributed by atoms with van der Waals surface area (Å²) in [7, 11) is 1.56. The van der Waals surface area contributed by atoms with Gasteiger partial charge in [-0.05, 0) is 38.5 Å². The number of amides is 1. The second kappa shape index (κ2) is 7.09. The van der Waals surface area contributed by atoms with Crippen molar-refractivity contribution in [2.24, 2.45) is 0 Å². The van der Waals surface area contributed by atoms with Crippen LogP contribution in [0.25, 0.3) is 0 Å². The number of methoxy groups -OCH3 is 1. The molecule has 1 aromatic rings. The quantitative estimate of drug-likeness (QED) is 0.855. The summed E-state index contributed by atoms with van der Waals surface area (Å²) < 4.78 is 10.3. The summed E-state index contributed by atoms with van der Waals surface area (Å²) in [5, 5.41) is 12.3. The molecule has 0 radical (unpaired) electrons. The maximum atomic E-state index is 11.7. The average molecular weight is 336 g/mol. The van der Waals surface area contributed by atoms with Crippen LogP contribution in [0.5, 0.6) is 5.75 Å². The third kappa shape index (κ3) is 4.61. The fourth-order valence-corrected chi connectivity index (χ4v) is 2.58. The number of alkyl carbamates (subject to hydrolysis) is 1. The fraction of sp³-hybridized carbons (Fsp3) is 0.529. The van der Waals surface area contributed by atoms with Gasteiger partial charge in [0.25, 0.3) is 0 Å². The monoisotopic (exact) mass is 336 g/mol. The summed E-state index contributed by atoms with van der Waals surface area (Å²) in [5.41, 5.74) is 0.124. The smallest absolute Gasteiger partial charge is 0.407 e. The molecule has 0 aromatic heterocycles. The van der Waals surface area contributed by atoms with E-state index in [0.29, 0.717) is 24.4 Å². The first kappa shape index (κ1) is 18.1. The van der Waals surface area contributed by atoms with E-state index < -0.39 is 23.7 Å². The fourth-order valence-electron chi connectivity index (χ4n) is 2.58. The van der Waals surface area contributed by atoms with E-state index >= 15 is 0 Å². The van der Waals surface area contributed by atoms with Crippen molar-refractivity contribution in [1.29, 1.82) is 0 Å². The van der Waals surface area contributed by atoms with Crippen LogP contribution in [0.2, 0.25) is 0 Å². The van der Waals surface area contributed by atoms with E-state index in [0.717, 1.165) is 0 Å². The van der Waals surface area contributed by atoms with E-state index in [9.17, 15) is 14.7 Å². The highest BCUT2D eigenvalue weighted by Crippen LogP contribution is 2.27. The van der Waals surface area contributed by atoms with Gasteiger partial charge < -0.3 is 19.9 Å². The largest absolute Gasteiger partial charge is 0.497 e. The summed E-state index contributed by atoms with van der Waals surface area (Å²) in [6.07, 6.45) is -0.483. The highest BCUT2D eigenvalue weighted by atomic mass is 16.6. The topological polar surface area (TPSA) is 88.1 Å². The molecule has 7 nitrogen and oxygen atoms in total. The second-order valence-corrected chi connectivity index (χ2v) is 6.81. The van der Waals surface area contributed by atoms with Crippen molar-refractivity contribution in [1.82, 2.24) is 10.2 Å². The van der Waals surface area contributed by atoms with E-state index in [-0.39, 0.29) is 6.04 Å². The molecule has 24 heavy (non-hydrogen) atoms. The molecule has 0 aliphatic carbocycles. The van der Waals surface area contributed by atoms with Gasteiger partial charge in [0.15, 0.2) is 0 Å². The van der Waals surface area contributed by atoms with Crippen molar-refractivity contribution < 1.29 is 24.2 Å². The summed E-state index contributed by atoms with van der Waals surface area (Å²) in [6, 6.07) is 6.11. The number of ether oxygens (including phenoxy) is 2. The first-order chi connectivity index (χ1) is 11.2. The lowest BCUT2D eigenvalue weighted by molar-refractivity contribution is -0.145. The number of likely N-dealkylation sites (tertiary alicyclic amines) is 1. The van der Waals surface area contributed by atoms with Crippen molar-refractivity contribution >= 4 is 12.1 Å². The Hall–Kier alpha value is -2.28. The van der Waals surface area contributed by atoms with Crippen LogP contribution in [0.15, 0.2) is 24.3 Å². The molecular formula is C17H24N2O5. The molecule has 0 saturated carbocycles. The van der Waals surface area contributed by atoms with Gasteiger partial charge in [-0.1, -0.05) is 12.1 Å². The molecule has 2 N–H and O–H groups in total. The third-order valence-corrected chi connectivity index (χ3v) is 3.66. The number of benzene rings is 1. The normalized spacial score (nSPS) is 16.8. The maximum Gasteiger partial charge on any atom is 0.407 e. The van der Waals surface area contributed by atoms with E-state index in [1.807, 2.05) is 0 Å². The van der Waals surface area contributed by atoms with Gasteiger partial charge in [-0.3, -0.25) is 9.69 Å². The lowest BCUT2D eigenvalue weighted by Gasteiger charge is -2.43. The van der Waals surface area contributed by atoms with Gasteiger partial charge in [0.05, 0.1) is 13.2 Å². The van der Waals surface area contributed by atoms with Crippen molar-refractivity contribution in [3.05, 3.63) is 29.8 Å². The van der Waals surface area contributed by atoms with Gasteiger partial charge in [-0.2, -0.15) is 0 Å². The van der Waals surface area contributed by atoms with Gasteiger partial charge in [0.1, 0.15) is 17.4 Å². The first-order valence-electron chi connectivity index (χ1n) is 7.80. The number of rotatable bonds is 5. The van der Waals surface area contributed by atoms with E-state index in [1.165, 1.54) is 0 Å². The number of carbonyl (C=O) groups is 2. The standard InChI is InChI=1S/C17H24N2O5/c1-17(2,3)24-16(22)18-12-9-19(10-12)14(15(20)21)11-5-7-13(23-4)8-6-11/h5-8,12,14H,9-10H2,1-4H3,(H,18,22)(H,20,21). The number of nitrogens with zero attached hydrogens (tertiary/aromatic N) is 1. The molecule has 1 atom stereocenters. The number of hydrogen-bond acceptors (Lipinski definition) is 5. The van der Waals surface area contributed by atoms with Crippen LogP contribution in [-0.4, -0.2) is 53.9 Å². The van der Waals surface area contributed by atoms with Crippen LogP contribution in [0.1, 0.15) is 32.4 Å². The Morgan fingerprint density at radius 2 is 1.83 bits per heavy atom. The highest BCUT2D eigenvalue weighted by Gasteiger charge is 2.38. The average Bonchev–Trinajstić information content (AvgIpc) is 2.43. The van der Waals surface area contributed by atoms with E-state index in [2.05, 4.69) is 5.32 Å². The zero-order valence-electron chi connectivity index (χ0n) is 14.4. The molecule has 1 aromatic carbocycles. The number of carboxylic acid groups (broad SMARTS) is 1. The van der Waals surface area contributed by atoms with Crippen LogP contribution in [0, 0.1) is 0 Å². The zero-order valence-corrected chi connectivity index (χ0v) is 14.4. The molecule has 0 bridgehead atoms. The summed E-state index contributed by atoms with van der Waals surface area (Å²) >= 11 is 0. The Balaban J connectivity index is 1.93. The van der Waals surface area contributed by atoms with Gasteiger partial charge in [0.2, 0.25) is 0 Å². The second-order valence-electron chi connectivity index (χ2n) is 6.81. The molecule has 0 spiro atoms. The van der Waals surface area contributed by atoms with E-state index in [1.54, 1.807) is 57.0 Å². The van der Waals surface area contributed by atoms with Crippen LogP contribution >= 0.6 is 0 Å². The lowest BCUT2D eigenvalue weighted by Crippen LogP contribution is -2.61. The van der Waals surface area contributed by atoms with Crippen molar-refractivity contribution in [2.45, 2.75) is 38.5 Å². The molecular weight excluding hydrogens is 312 g/mol. The van der Waals surface area contributed by atoms with Crippen molar-refractivity contribution in [3.8, 4) is 5.75 Å². The SMILES string of the molecule is COc1ccc(C(C(=O)O)N2CC(NC(=O)OC(C)(C)C)C2)cc1. The molecule has 1 fully saturated rings. The molecule has 1 aliphatic rings. The molecule has 1 saturated heterocycles. The molecule has 1 aliphatic heterocycles. The number of hydrogen-bond donors (Lipinski definition) is 2. The lowest BCUT2D eigenvalue weighted by atomic mass is 9.99. The minimum Gasteiger partial charge on any atom is -0.497 e. The predicted molar refractivity (Wildman–Crippen MR) is 88.1 cm³/mol. The molecule has 132 valence electrons. The third-order valence-electron chi connectivity index (χ3n) is 3.66. The van der Waals surface area contributed by atoms with Crippen LogP contribution in [0.4, 0.5) is 4.79 Å². The summed E-state index contributed by atoms with van der Waals surface area (Å²) in [4.78, 5) is 25.1. The van der Waals surface area contributed by atoms with Crippen LogP contribution in [0.3, 0.4) is 0 Å². The number of nitrogens with one attached hydrogen (secondary N) is 1. The Bertz CT molecular complexity index is 588. The minimum atomic E-state index is -0.920. The van der Waals surface area contributed by atoms with Gasteiger partial charge >= 0.3 is 12.1 Å². The minimum absolute atomic E-state index is 0.111. The highest BCUT2D eigenvalue weighted by molar-refractivity contribution is 5.76. The molecule has 1 heterocycles. The molecule has 1 unspecified atom stereocenters. The van der Waals surface area contributed by atoms with Crippen LogP contribution in [-0.2, 0) is 9.53 Å². The number of aliphatic carboxylic acids is 1. The van der Waals surface area contributed by atoms with E-state index in [4.69, 9.17) is 9.47 Å². The number of carbonyl (C=O) groups excluding carboxylic acids is 1. The Kier molecular flexibility index (Phi) is 5.33. The van der Waals surface area contributed by atoms with Gasteiger partial charge in [0, 0.05) is 13.1 Å². The van der Waals surface area contributed by atoms with Gasteiger partial charge in [-0.15, -0.1) is 0 Å². The Labute approximate surface area is 141 Å². The summed E-state index contributed by atoms with van der Waals surface area (Å²) in [5.74, 6) is -0.244. The first-order valence-corrected chi connectivity index (χ1v) is 7.80. The Morgan fingerprint density at radius 3 is 2.29 bits per heavy atom. The van der Waals surface area contributed by atoms with Crippen LogP contribution < -0.4 is 10.1 Å². The van der Waals surface area contributed by atoms with Gasteiger partial charge in [-0.25, -0.2) is 4.79 Å². The van der Waals surface area contributed by atoms with Crippen molar-refractivity contribution in [2.75, 3.05) is 20.2 Å². The van der Waals surface area contributed by atoms with Crippen molar-refractivity contribution in [3.63, 3.8) is 0 Å². The summed E-state index contributed by atoms with van der Waals surface area (Å²) in [6.45, 7) is 6.31. The Morgan fingerprint density at radius 1 is 1.25 bits per heavy atom. The number of carboxylic acids is 1. The predicted octanol–water partition coefficient (Wildman–Crippen LogP) is 2.03. The molecule has 7 heteroatoms. The molecule has 1 amide bonds.